The molecule has 0 aromatic rings. The minimum Gasteiger partial charge on any atom is -0.459 e. The highest BCUT2D eigenvalue weighted by Gasteiger charge is 2.62. The van der Waals surface area contributed by atoms with E-state index in [0.29, 0.717) is 30.5 Å². The van der Waals surface area contributed by atoms with Gasteiger partial charge in [0.1, 0.15) is 11.4 Å². The molecule has 3 nitrogen and oxygen atoms in total. The fourth-order valence-corrected chi connectivity index (χ4v) is 5.64. The Morgan fingerprint density at radius 3 is 2.35 bits per heavy atom. The van der Waals surface area contributed by atoms with Gasteiger partial charge in [-0.05, 0) is 43.9 Å². The molecule has 3 fully saturated rings. The molecule has 0 bridgehead atoms. The molecule has 1 saturated heterocycles. The summed E-state index contributed by atoms with van der Waals surface area (Å²) in [4.78, 5) is 24.0. The fraction of sp³-hybridized carbons (Fsp3) is 0.882. The van der Waals surface area contributed by atoms with Crippen LogP contribution in [-0.2, 0) is 14.3 Å². The Morgan fingerprint density at radius 2 is 1.65 bits per heavy atom. The molecular formula is C17H26O3. The standard InChI is InChI=1S/C17H26O3/c1-15(2)11-7-10-17(4)12(5-6-14(19)20-17)16(11,3)9-8-13(15)18/h11-12H,5-10H2,1-4H3/t11-,12+,16-,17+/m0/s1. The first-order valence-electron chi connectivity index (χ1n) is 7.95. The van der Waals surface area contributed by atoms with Crippen LogP contribution >= 0.6 is 0 Å². The zero-order chi connectivity index (χ0) is 14.8. The molecule has 3 rings (SSSR count). The van der Waals surface area contributed by atoms with Crippen molar-refractivity contribution in [1.82, 2.24) is 0 Å². The van der Waals surface area contributed by atoms with Crippen molar-refractivity contribution in [2.75, 3.05) is 0 Å². The molecule has 112 valence electrons. The molecule has 0 spiro atoms. The van der Waals surface area contributed by atoms with Gasteiger partial charge in [0.2, 0.25) is 0 Å². The molecule has 0 unspecified atom stereocenters. The number of carbonyl (C=O) groups excluding carboxylic acids is 2. The number of esters is 1. The lowest BCUT2D eigenvalue weighted by molar-refractivity contribution is -0.214. The van der Waals surface area contributed by atoms with Gasteiger partial charge >= 0.3 is 5.97 Å². The van der Waals surface area contributed by atoms with E-state index in [4.69, 9.17) is 4.74 Å². The molecule has 2 saturated carbocycles. The van der Waals surface area contributed by atoms with E-state index in [9.17, 15) is 9.59 Å². The minimum absolute atomic E-state index is 0.0445. The van der Waals surface area contributed by atoms with E-state index >= 15 is 0 Å². The summed E-state index contributed by atoms with van der Waals surface area (Å²) in [6, 6.07) is 0. The van der Waals surface area contributed by atoms with Gasteiger partial charge in [-0.1, -0.05) is 20.8 Å². The zero-order valence-corrected chi connectivity index (χ0v) is 13.1. The summed E-state index contributed by atoms with van der Waals surface area (Å²) in [5.74, 6) is 1.19. The summed E-state index contributed by atoms with van der Waals surface area (Å²) in [5.41, 5.74) is -0.405. The van der Waals surface area contributed by atoms with E-state index in [1.54, 1.807) is 0 Å². The van der Waals surface area contributed by atoms with Gasteiger partial charge in [0.25, 0.3) is 0 Å². The Hall–Kier alpha value is -0.860. The minimum atomic E-state index is -0.308. The molecule has 0 aromatic carbocycles. The number of fused-ring (bicyclic) bond motifs is 3. The first-order chi connectivity index (χ1) is 9.20. The van der Waals surface area contributed by atoms with Crippen LogP contribution in [0.1, 0.15) is 66.2 Å². The topological polar surface area (TPSA) is 43.4 Å². The van der Waals surface area contributed by atoms with Crippen molar-refractivity contribution in [2.24, 2.45) is 22.7 Å². The quantitative estimate of drug-likeness (QED) is 0.637. The third-order valence-electron chi connectivity index (χ3n) is 6.72. The Morgan fingerprint density at radius 1 is 0.950 bits per heavy atom. The van der Waals surface area contributed by atoms with Gasteiger partial charge in [-0.2, -0.15) is 0 Å². The molecule has 0 amide bonds. The Kier molecular flexibility index (Phi) is 2.88. The van der Waals surface area contributed by atoms with Gasteiger partial charge in [0.15, 0.2) is 0 Å². The third kappa shape index (κ3) is 1.71. The maximum absolute atomic E-state index is 12.3. The summed E-state index contributed by atoms with van der Waals surface area (Å²) >= 11 is 0. The van der Waals surface area contributed by atoms with E-state index < -0.39 is 0 Å². The Balaban J connectivity index is 1.99. The smallest absolute Gasteiger partial charge is 0.306 e. The molecular weight excluding hydrogens is 252 g/mol. The van der Waals surface area contributed by atoms with Crippen LogP contribution < -0.4 is 0 Å². The lowest BCUT2D eigenvalue weighted by Crippen LogP contribution is -2.62. The summed E-state index contributed by atoms with van der Waals surface area (Å²) in [6.45, 7) is 8.69. The number of hydrogen-bond donors (Lipinski definition) is 0. The first-order valence-corrected chi connectivity index (χ1v) is 7.95. The van der Waals surface area contributed by atoms with Crippen LogP contribution in [0.3, 0.4) is 0 Å². The highest BCUT2D eigenvalue weighted by Crippen LogP contribution is 2.63. The predicted octanol–water partition coefficient (Wildman–Crippen LogP) is 3.50. The van der Waals surface area contributed by atoms with Crippen LogP contribution in [0.15, 0.2) is 0 Å². The maximum atomic E-state index is 12.3. The number of ketones is 1. The second-order valence-corrected chi connectivity index (χ2v) is 8.12. The highest BCUT2D eigenvalue weighted by atomic mass is 16.6. The van der Waals surface area contributed by atoms with E-state index in [-0.39, 0.29) is 22.4 Å². The molecule has 1 aliphatic heterocycles. The van der Waals surface area contributed by atoms with E-state index in [1.165, 1.54) is 0 Å². The van der Waals surface area contributed by atoms with Crippen molar-refractivity contribution < 1.29 is 14.3 Å². The van der Waals surface area contributed by atoms with Crippen molar-refractivity contribution in [3.8, 4) is 0 Å². The van der Waals surface area contributed by atoms with Gasteiger partial charge in [-0.3, -0.25) is 9.59 Å². The summed E-state index contributed by atoms with van der Waals surface area (Å²) in [6.07, 6.45) is 5.00. The van der Waals surface area contributed by atoms with Crippen LogP contribution in [0.25, 0.3) is 0 Å². The Bertz CT molecular complexity index is 467. The van der Waals surface area contributed by atoms with Crippen molar-refractivity contribution in [1.29, 1.82) is 0 Å². The van der Waals surface area contributed by atoms with Crippen molar-refractivity contribution in [2.45, 2.75) is 71.8 Å². The molecule has 3 aliphatic rings. The normalized spacial score (nSPS) is 47.2. The maximum Gasteiger partial charge on any atom is 0.306 e. The fourth-order valence-electron chi connectivity index (χ4n) is 5.64. The summed E-state index contributed by atoms with van der Waals surface area (Å²) < 4.78 is 5.76. The molecule has 0 radical (unpaired) electrons. The number of rotatable bonds is 0. The van der Waals surface area contributed by atoms with E-state index in [2.05, 4.69) is 27.7 Å². The third-order valence-corrected chi connectivity index (χ3v) is 6.72. The SMILES string of the molecule is CC1(C)C(=O)CC[C@]2(C)[C@H]3CCC(=O)O[C@]3(C)CC[C@@H]12. The monoisotopic (exact) mass is 278 g/mol. The van der Waals surface area contributed by atoms with Gasteiger partial charge < -0.3 is 4.74 Å². The lowest BCUT2D eigenvalue weighted by atomic mass is 9.44. The van der Waals surface area contributed by atoms with Crippen LogP contribution in [0.5, 0.6) is 0 Å². The van der Waals surface area contributed by atoms with Crippen LogP contribution in [-0.4, -0.2) is 17.4 Å². The van der Waals surface area contributed by atoms with Gasteiger partial charge in [0, 0.05) is 24.2 Å². The molecule has 4 atom stereocenters. The molecule has 2 aliphatic carbocycles. The van der Waals surface area contributed by atoms with E-state index in [0.717, 1.165) is 25.7 Å². The van der Waals surface area contributed by atoms with Gasteiger partial charge in [0.05, 0.1) is 0 Å². The number of Topliss-reactive ketones (excluding diaryl/α,β-unsaturated/α-hetero) is 1. The highest BCUT2D eigenvalue weighted by molar-refractivity contribution is 5.85. The summed E-state index contributed by atoms with van der Waals surface area (Å²) in [7, 11) is 0. The molecule has 1 heterocycles. The van der Waals surface area contributed by atoms with Gasteiger partial charge in [-0.25, -0.2) is 0 Å². The number of ether oxygens (including phenoxy) is 1. The summed E-state index contributed by atoms with van der Waals surface area (Å²) in [5, 5.41) is 0. The number of carbonyl (C=O) groups is 2. The molecule has 20 heavy (non-hydrogen) atoms. The lowest BCUT2D eigenvalue weighted by Gasteiger charge is -2.62. The largest absolute Gasteiger partial charge is 0.459 e. The second-order valence-electron chi connectivity index (χ2n) is 8.12. The number of hydrogen-bond acceptors (Lipinski definition) is 3. The molecule has 3 heteroatoms. The van der Waals surface area contributed by atoms with Gasteiger partial charge in [-0.15, -0.1) is 0 Å². The van der Waals surface area contributed by atoms with Crippen molar-refractivity contribution in [3.63, 3.8) is 0 Å². The predicted molar refractivity (Wildman–Crippen MR) is 76.1 cm³/mol. The second kappa shape index (κ2) is 4.08. The first kappa shape index (κ1) is 14.1. The van der Waals surface area contributed by atoms with Crippen LogP contribution in [0, 0.1) is 22.7 Å². The Labute approximate surface area is 121 Å². The van der Waals surface area contributed by atoms with Crippen molar-refractivity contribution >= 4 is 11.8 Å². The molecule has 0 N–H and O–H groups in total. The molecule has 0 aromatic heterocycles. The van der Waals surface area contributed by atoms with Crippen LogP contribution in [0.4, 0.5) is 0 Å². The van der Waals surface area contributed by atoms with Crippen LogP contribution in [0.2, 0.25) is 0 Å². The van der Waals surface area contributed by atoms with E-state index in [1.807, 2.05) is 0 Å². The zero-order valence-electron chi connectivity index (χ0n) is 13.1. The average Bonchev–Trinajstić information content (AvgIpc) is 2.33. The van der Waals surface area contributed by atoms with Crippen molar-refractivity contribution in [3.05, 3.63) is 0 Å². The average molecular weight is 278 g/mol.